The highest BCUT2D eigenvalue weighted by Gasteiger charge is 2.60. The molecule has 0 bridgehead atoms. The minimum absolute atomic E-state index is 0.221. The molecule has 88 valence electrons. The number of rotatable bonds is 4. The number of benzene rings is 1. The number of hydrogen-bond acceptors (Lipinski definition) is 2. The van der Waals surface area contributed by atoms with E-state index in [2.05, 4.69) is 0 Å². The molecule has 1 aliphatic rings. The highest BCUT2D eigenvalue weighted by atomic mass is 19.3. The predicted octanol–water partition coefficient (Wildman–Crippen LogP) is 2.77. The van der Waals surface area contributed by atoms with Crippen molar-refractivity contribution >= 4 is 0 Å². The average Bonchev–Trinajstić information content (AvgIpc) is 2.88. The summed E-state index contributed by atoms with van der Waals surface area (Å²) < 4.78 is 30.7. The van der Waals surface area contributed by atoms with Crippen LogP contribution in [0.5, 0.6) is 5.75 Å². The van der Waals surface area contributed by atoms with Crippen molar-refractivity contribution in [1.29, 1.82) is 0 Å². The van der Waals surface area contributed by atoms with Crippen LogP contribution in [-0.4, -0.2) is 17.6 Å². The van der Waals surface area contributed by atoms with Crippen LogP contribution < -0.4 is 4.74 Å². The van der Waals surface area contributed by atoms with Crippen LogP contribution in [0.1, 0.15) is 25.0 Å². The first-order chi connectivity index (χ1) is 7.54. The lowest BCUT2D eigenvalue weighted by atomic mass is 10.1. The van der Waals surface area contributed by atoms with Gasteiger partial charge in [0.05, 0.1) is 18.6 Å². The fourth-order valence-corrected chi connectivity index (χ4v) is 1.74. The van der Waals surface area contributed by atoms with E-state index >= 15 is 0 Å². The Morgan fingerprint density at radius 2 is 2.00 bits per heavy atom. The molecule has 0 saturated heterocycles. The Morgan fingerprint density at radius 3 is 2.44 bits per heavy atom. The highest BCUT2D eigenvalue weighted by molar-refractivity contribution is 5.30. The third kappa shape index (κ3) is 2.16. The largest absolute Gasteiger partial charge is 0.494 e. The predicted molar refractivity (Wildman–Crippen MR) is 55.6 cm³/mol. The average molecular weight is 228 g/mol. The van der Waals surface area contributed by atoms with Gasteiger partial charge in [-0.25, -0.2) is 8.78 Å². The van der Waals surface area contributed by atoms with Crippen molar-refractivity contribution in [1.82, 2.24) is 0 Å². The third-order valence-electron chi connectivity index (χ3n) is 2.79. The van der Waals surface area contributed by atoms with E-state index in [0.29, 0.717) is 17.9 Å². The minimum Gasteiger partial charge on any atom is -0.494 e. The number of hydrogen-bond donors (Lipinski definition) is 1. The Balaban J connectivity index is 2.04. The molecule has 1 fully saturated rings. The van der Waals surface area contributed by atoms with Gasteiger partial charge in [0.25, 0.3) is 5.92 Å². The molecular weight excluding hydrogens is 214 g/mol. The van der Waals surface area contributed by atoms with Gasteiger partial charge in [-0.1, -0.05) is 12.1 Å². The molecule has 1 aliphatic carbocycles. The Labute approximate surface area is 92.9 Å². The van der Waals surface area contributed by atoms with Crippen LogP contribution >= 0.6 is 0 Å². The van der Waals surface area contributed by atoms with Crippen molar-refractivity contribution in [3.63, 3.8) is 0 Å². The van der Waals surface area contributed by atoms with Crippen molar-refractivity contribution in [2.75, 3.05) is 6.61 Å². The molecule has 0 radical (unpaired) electrons. The summed E-state index contributed by atoms with van der Waals surface area (Å²) in [6.07, 6.45) is -1.30. The van der Waals surface area contributed by atoms with E-state index in [1.807, 2.05) is 6.92 Å². The molecule has 0 amide bonds. The zero-order chi connectivity index (χ0) is 11.8. The molecule has 2 rings (SSSR count). The van der Waals surface area contributed by atoms with E-state index in [0.717, 1.165) is 0 Å². The molecule has 1 aromatic rings. The zero-order valence-electron chi connectivity index (χ0n) is 8.99. The van der Waals surface area contributed by atoms with Crippen LogP contribution in [0.3, 0.4) is 0 Å². The van der Waals surface area contributed by atoms with Gasteiger partial charge in [-0.05, 0) is 24.6 Å². The smallest absolute Gasteiger partial charge is 0.254 e. The van der Waals surface area contributed by atoms with Gasteiger partial charge < -0.3 is 9.84 Å². The molecule has 0 aromatic heterocycles. The van der Waals surface area contributed by atoms with Gasteiger partial charge in [0.1, 0.15) is 5.75 Å². The third-order valence-corrected chi connectivity index (χ3v) is 2.79. The van der Waals surface area contributed by atoms with Gasteiger partial charge in [-0.15, -0.1) is 0 Å². The Bertz CT molecular complexity index is 362. The summed E-state index contributed by atoms with van der Waals surface area (Å²) >= 11 is 0. The molecule has 0 heterocycles. The van der Waals surface area contributed by atoms with Crippen LogP contribution in [0, 0.1) is 5.92 Å². The number of aliphatic hydroxyl groups excluding tert-OH is 1. The van der Waals surface area contributed by atoms with Crippen molar-refractivity contribution < 1.29 is 18.6 Å². The summed E-state index contributed by atoms with van der Waals surface area (Å²) in [6.45, 7) is 2.43. The Kier molecular flexibility index (Phi) is 2.84. The first-order valence-corrected chi connectivity index (χ1v) is 5.33. The molecule has 2 atom stereocenters. The van der Waals surface area contributed by atoms with E-state index in [-0.39, 0.29) is 6.42 Å². The van der Waals surface area contributed by atoms with Gasteiger partial charge in [0.15, 0.2) is 0 Å². The van der Waals surface area contributed by atoms with Gasteiger partial charge in [0.2, 0.25) is 0 Å². The standard InChI is InChI=1S/C12H14F2O2/c1-2-16-9-5-3-8(4-6-9)11(15)10-7-12(10,13)14/h3-6,10-11,15H,2,7H2,1H3. The minimum atomic E-state index is -2.70. The topological polar surface area (TPSA) is 29.5 Å². The lowest BCUT2D eigenvalue weighted by molar-refractivity contribution is 0.0478. The molecule has 1 saturated carbocycles. The second-order valence-corrected chi connectivity index (χ2v) is 4.02. The summed E-state index contributed by atoms with van der Waals surface area (Å²) in [5.41, 5.74) is 0.519. The number of ether oxygens (including phenoxy) is 1. The molecule has 1 N–H and O–H groups in total. The maximum absolute atomic E-state index is 12.7. The Morgan fingerprint density at radius 1 is 1.44 bits per heavy atom. The summed E-state index contributed by atoms with van der Waals surface area (Å²) in [4.78, 5) is 0. The summed E-state index contributed by atoms with van der Waals surface area (Å²) in [5.74, 6) is -2.94. The van der Waals surface area contributed by atoms with E-state index in [9.17, 15) is 13.9 Å². The van der Waals surface area contributed by atoms with Crippen molar-refractivity contribution in [3.8, 4) is 5.75 Å². The van der Waals surface area contributed by atoms with Crippen molar-refractivity contribution in [2.45, 2.75) is 25.4 Å². The lowest BCUT2D eigenvalue weighted by Gasteiger charge is -2.11. The van der Waals surface area contributed by atoms with Crippen LogP contribution in [-0.2, 0) is 0 Å². The Hall–Kier alpha value is -1.16. The van der Waals surface area contributed by atoms with Crippen LogP contribution in [0.4, 0.5) is 8.78 Å². The fraction of sp³-hybridized carbons (Fsp3) is 0.500. The second kappa shape index (κ2) is 4.01. The van der Waals surface area contributed by atoms with Crippen molar-refractivity contribution in [2.24, 2.45) is 5.92 Å². The molecular formula is C12H14F2O2. The van der Waals surface area contributed by atoms with E-state index in [4.69, 9.17) is 4.74 Å². The lowest BCUT2D eigenvalue weighted by Crippen LogP contribution is -2.06. The van der Waals surface area contributed by atoms with Gasteiger partial charge in [-0.3, -0.25) is 0 Å². The molecule has 2 nitrogen and oxygen atoms in total. The quantitative estimate of drug-likeness (QED) is 0.858. The van der Waals surface area contributed by atoms with Crippen LogP contribution in [0.2, 0.25) is 0 Å². The fourth-order valence-electron chi connectivity index (χ4n) is 1.74. The molecule has 2 unspecified atom stereocenters. The number of alkyl halides is 2. The normalized spacial score (nSPS) is 23.9. The zero-order valence-corrected chi connectivity index (χ0v) is 8.99. The maximum atomic E-state index is 12.7. The molecule has 0 spiro atoms. The summed E-state index contributed by atoms with van der Waals surface area (Å²) in [7, 11) is 0. The second-order valence-electron chi connectivity index (χ2n) is 4.02. The van der Waals surface area contributed by atoms with Gasteiger partial charge in [0, 0.05) is 6.42 Å². The van der Waals surface area contributed by atoms with E-state index in [1.54, 1.807) is 24.3 Å². The maximum Gasteiger partial charge on any atom is 0.254 e. The molecule has 1 aromatic carbocycles. The molecule has 0 aliphatic heterocycles. The van der Waals surface area contributed by atoms with E-state index in [1.165, 1.54) is 0 Å². The number of halogens is 2. The van der Waals surface area contributed by atoms with Gasteiger partial charge in [-0.2, -0.15) is 0 Å². The monoisotopic (exact) mass is 228 g/mol. The van der Waals surface area contributed by atoms with Crippen LogP contribution in [0.15, 0.2) is 24.3 Å². The molecule has 4 heteroatoms. The summed E-state index contributed by atoms with van der Waals surface area (Å²) in [5, 5.41) is 9.70. The first-order valence-electron chi connectivity index (χ1n) is 5.33. The highest BCUT2D eigenvalue weighted by Crippen LogP contribution is 2.55. The summed E-state index contributed by atoms with van der Waals surface area (Å²) in [6, 6.07) is 6.62. The van der Waals surface area contributed by atoms with E-state index < -0.39 is 17.9 Å². The first kappa shape index (κ1) is 11.3. The van der Waals surface area contributed by atoms with Crippen LogP contribution in [0.25, 0.3) is 0 Å². The van der Waals surface area contributed by atoms with Crippen molar-refractivity contribution in [3.05, 3.63) is 29.8 Å². The number of aliphatic hydroxyl groups is 1. The molecule has 16 heavy (non-hydrogen) atoms. The van der Waals surface area contributed by atoms with Gasteiger partial charge >= 0.3 is 0 Å². The SMILES string of the molecule is CCOc1ccc(C(O)C2CC2(F)F)cc1.